The van der Waals surface area contributed by atoms with Gasteiger partial charge in [0.25, 0.3) is 5.91 Å². The Bertz CT molecular complexity index is 936. The summed E-state index contributed by atoms with van der Waals surface area (Å²) in [6, 6.07) is 19.3. The highest BCUT2D eigenvalue weighted by Gasteiger charge is 2.23. The van der Waals surface area contributed by atoms with Gasteiger partial charge in [-0.2, -0.15) is 5.10 Å². The van der Waals surface area contributed by atoms with Gasteiger partial charge in [0.1, 0.15) is 11.3 Å². The Morgan fingerprint density at radius 1 is 1.07 bits per heavy atom. The second-order valence-electron chi connectivity index (χ2n) is 6.38. The van der Waals surface area contributed by atoms with E-state index >= 15 is 0 Å². The Morgan fingerprint density at radius 2 is 1.71 bits per heavy atom. The van der Waals surface area contributed by atoms with Crippen LogP contribution in [-0.4, -0.2) is 34.3 Å². The van der Waals surface area contributed by atoms with Crippen molar-refractivity contribution >= 4 is 11.9 Å². The summed E-state index contributed by atoms with van der Waals surface area (Å²) in [5, 5.41) is 7.25. The predicted molar refractivity (Wildman–Crippen MR) is 107 cm³/mol. The minimum absolute atomic E-state index is 0.325. The molecule has 28 heavy (non-hydrogen) atoms. The fourth-order valence-corrected chi connectivity index (χ4v) is 2.83. The van der Waals surface area contributed by atoms with Gasteiger partial charge in [-0.25, -0.2) is 4.79 Å². The monoisotopic (exact) mass is 377 g/mol. The number of hydrogen-bond acceptors (Lipinski definition) is 4. The van der Waals surface area contributed by atoms with Crippen LogP contribution in [-0.2, 0) is 16.1 Å². The van der Waals surface area contributed by atoms with Crippen LogP contribution in [0.15, 0.2) is 66.9 Å². The van der Waals surface area contributed by atoms with Crippen LogP contribution in [0.4, 0.5) is 0 Å². The van der Waals surface area contributed by atoms with Crippen molar-refractivity contribution < 1.29 is 14.3 Å². The zero-order valence-electron chi connectivity index (χ0n) is 16.0. The summed E-state index contributed by atoms with van der Waals surface area (Å²) in [5.41, 5.74) is 2.75. The van der Waals surface area contributed by atoms with Gasteiger partial charge in [-0.1, -0.05) is 60.7 Å². The second-order valence-corrected chi connectivity index (χ2v) is 6.38. The minimum Gasteiger partial charge on any atom is -0.449 e. The van der Waals surface area contributed by atoms with Crippen molar-refractivity contribution in [2.45, 2.75) is 26.5 Å². The molecule has 0 aliphatic carbocycles. The predicted octanol–water partition coefficient (Wildman–Crippen LogP) is 3.28. The Hall–Kier alpha value is -3.41. The van der Waals surface area contributed by atoms with Crippen molar-refractivity contribution in [3.63, 3.8) is 0 Å². The van der Waals surface area contributed by atoms with Gasteiger partial charge in [0.05, 0.1) is 6.54 Å². The zero-order chi connectivity index (χ0) is 19.9. The summed E-state index contributed by atoms with van der Waals surface area (Å²) < 4.78 is 7.09. The zero-order valence-corrected chi connectivity index (χ0v) is 16.0. The lowest BCUT2D eigenvalue weighted by atomic mass is 10.1. The molecule has 1 amide bonds. The van der Waals surface area contributed by atoms with Gasteiger partial charge in [-0.15, -0.1) is 0 Å². The largest absolute Gasteiger partial charge is 0.449 e. The third kappa shape index (κ3) is 4.65. The first-order valence-corrected chi connectivity index (χ1v) is 9.24. The maximum absolute atomic E-state index is 12.8. The summed E-state index contributed by atoms with van der Waals surface area (Å²) >= 11 is 0. The van der Waals surface area contributed by atoms with Crippen molar-refractivity contribution in [1.82, 2.24) is 15.1 Å². The van der Waals surface area contributed by atoms with Gasteiger partial charge in [-0.3, -0.25) is 9.48 Å². The number of carbonyl (C=O) groups is 2. The highest BCUT2D eigenvalue weighted by atomic mass is 16.5. The molecule has 0 unspecified atom stereocenters. The van der Waals surface area contributed by atoms with Gasteiger partial charge in [0.2, 0.25) is 0 Å². The van der Waals surface area contributed by atoms with E-state index in [9.17, 15) is 9.59 Å². The first kappa shape index (κ1) is 19.4. The normalized spacial score (nSPS) is 11.6. The molecule has 6 nitrogen and oxygen atoms in total. The highest BCUT2D eigenvalue weighted by Crippen LogP contribution is 2.23. The SMILES string of the molecule is CCNC(=O)[C@@H](C)OC(=O)c1cn(Cc2ccccc2)nc1-c1ccccc1. The summed E-state index contributed by atoms with van der Waals surface area (Å²) in [6.45, 7) is 4.37. The van der Waals surface area contributed by atoms with E-state index in [1.165, 1.54) is 0 Å². The Morgan fingerprint density at radius 3 is 2.36 bits per heavy atom. The molecular formula is C22H23N3O3. The number of esters is 1. The van der Waals surface area contributed by atoms with Crippen LogP contribution in [0.1, 0.15) is 29.8 Å². The number of benzene rings is 2. The van der Waals surface area contributed by atoms with E-state index in [-0.39, 0.29) is 5.91 Å². The van der Waals surface area contributed by atoms with Crippen molar-refractivity contribution in [2.24, 2.45) is 0 Å². The van der Waals surface area contributed by atoms with Crippen LogP contribution >= 0.6 is 0 Å². The van der Waals surface area contributed by atoms with E-state index in [2.05, 4.69) is 10.4 Å². The molecule has 1 heterocycles. The third-order valence-corrected chi connectivity index (χ3v) is 4.22. The second kappa shape index (κ2) is 8.99. The number of aromatic nitrogens is 2. The Balaban J connectivity index is 1.89. The van der Waals surface area contributed by atoms with Gasteiger partial charge in [0.15, 0.2) is 6.10 Å². The van der Waals surface area contributed by atoms with E-state index in [1.807, 2.05) is 67.6 Å². The molecule has 3 aromatic rings. The summed E-state index contributed by atoms with van der Waals surface area (Å²) in [6.07, 6.45) is 0.788. The first-order chi connectivity index (χ1) is 13.6. The van der Waals surface area contributed by atoms with Crippen molar-refractivity contribution in [2.75, 3.05) is 6.54 Å². The third-order valence-electron chi connectivity index (χ3n) is 4.22. The Kier molecular flexibility index (Phi) is 6.22. The summed E-state index contributed by atoms with van der Waals surface area (Å²) in [4.78, 5) is 24.7. The number of carbonyl (C=O) groups excluding carboxylic acids is 2. The number of likely N-dealkylation sites (N-methyl/N-ethyl adjacent to an activating group) is 1. The number of amides is 1. The van der Waals surface area contributed by atoms with Crippen LogP contribution in [0.3, 0.4) is 0 Å². The molecule has 0 radical (unpaired) electrons. The van der Waals surface area contributed by atoms with E-state index < -0.39 is 12.1 Å². The van der Waals surface area contributed by atoms with Gasteiger partial charge in [0, 0.05) is 18.3 Å². The molecule has 0 fully saturated rings. The lowest BCUT2D eigenvalue weighted by Gasteiger charge is -2.12. The minimum atomic E-state index is -0.881. The van der Waals surface area contributed by atoms with Crippen LogP contribution in [0, 0.1) is 0 Å². The maximum Gasteiger partial charge on any atom is 0.342 e. The average molecular weight is 377 g/mol. The molecule has 0 aliphatic heterocycles. The standard InChI is InChI=1S/C22H23N3O3/c1-3-23-21(26)16(2)28-22(27)19-15-25(14-17-10-6-4-7-11-17)24-20(19)18-12-8-5-9-13-18/h4-13,15-16H,3,14H2,1-2H3,(H,23,26)/t16-/m1/s1. The maximum atomic E-state index is 12.8. The van der Waals surface area contributed by atoms with E-state index in [4.69, 9.17) is 4.74 Å². The molecule has 144 valence electrons. The average Bonchev–Trinajstić information content (AvgIpc) is 3.13. The fraction of sp³-hybridized carbons (Fsp3) is 0.227. The van der Waals surface area contributed by atoms with Crippen LogP contribution in [0.2, 0.25) is 0 Å². The smallest absolute Gasteiger partial charge is 0.342 e. The Labute approximate surface area is 164 Å². The lowest BCUT2D eigenvalue weighted by molar-refractivity contribution is -0.128. The fourth-order valence-electron chi connectivity index (χ4n) is 2.83. The van der Waals surface area contributed by atoms with Gasteiger partial charge < -0.3 is 10.1 Å². The molecular weight excluding hydrogens is 354 g/mol. The van der Waals surface area contributed by atoms with E-state index in [0.29, 0.717) is 24.3 Å². The number of nitrogens with one attached hydrogen (secondary N) is 1. The number of nitrogens with zero attached hydrogens (tertiary/aromatic N) is 2. The van der Waals surface area contributed by atoms with Crippen LogP contribution < -0.4 is 5.32 Å². The molecule has 6 heteroatoms. The number of rotatable bonds is 7. The summed E-state index contributed by atoms with van der Waals surface area (Å²) in [5.74, 6) is -0.897. The first-order valence-electron chi connectivity index (χ1n) is 9.24. The molecule has 2 aromatic carbocycles. The number of ether oxygens (including phenoxy) is 1. The van der Waals surface area contributed by atoms with Gasteiger partial charge >= 0.3 is 5.97 Å². The quantitative estimate of drug-likeness (QED) is 0.642. The molecule has 0 bridgehead atoms. The van der Waals surface area contributed by atoms with Crippen molar-refractivity contribution in [3.05, 3.63) is 78.0 Å². The highest BCUT2D eigenvalue weighted by molar-refractivity contribution is 5.97. The molecule has 0 saturated carbocycles. The van der Waals surface area contributed by atoms with Crippen molar-refractivity contribution in [1.29, 1.82) is 0 Å². The molecule has 0 spiro atoms. The van der Waals surface area contributed by atoms with Crippen molar-refractivity contribution in [3.8, 4) is 11.3 Å². The molecule has 0 saturated heterocycles. The molecule has 1 atom stereocenters. The molecule has 3 rings (SSSR count). The van der Waals surface area contributed by atoms with Crippen LogP contribution in [0.5, 0.6) is 0 Å². The topological polar surface area (TPSA) is 73.2 Å². The number of hydrogen-bond donors (Lipinski definition) is 1. The molecule has 1 N–H and O–H groups in total. The molecule has 1 aromatic heterocycles. The van der Waals surface area contributed by atoms with Crippen LogP contribution in [0.25, 0.3) is 11.3 Å². The van der Waals surface area contributed by atoms with E-state index in [0.717, 1.165) is 11.1 Å². The lowest BCUT2D eigenvalue weighted by Crippen LogP contribution is -2.35. The molecule has 0 aliphatic rings. The van der Waals surface area contributed by atoms with E-state index in [1.54, 1.807) is 17.8 Å². The summed E-state index contributed by atoms with van der Waals surface area (Å²) in [7, 11) is 0. The van der Waals surface area contributed by atoms with Gasteiger partial charge in [-0.05, 0) is 19.4 Å².